The predicted molar refractivity (Wildman–Crippen MR) is 80.7 cm³/mol. The van der Waals surface area contributed by atoms with E-state index in [4.69, 9.17) is 10.5 Å². The minimum Gasteiger partial charge on any atom is -0.461 e. The zero-order chi connectivity index (χ0) is 15.6. The smallest absolute Gasteiger partial charge is 0.360 e. The number of hydrogen-bond donors (Lipinski definition) is 1. The van der Waals surface area contributed by atoms with E-state index in [1.165, 1.54) is 11.3 Å². The number of imidazole rings is 1. The molecule has 114 valence electrons. The van der Waals surface area contributed by atoms with Crippen LogP contribution in [-0.2, 0) is 11.2 Å². The Labute approximate surface area is 127 Å². The van der Waals surface area contributed by atoms with E-state index in [1.54, 1.807) is 18.4 Å². The molecular weight excluding hydrogens is 290 g/mol. The van der Waals surface area contributed by atoms with Gasteiger partial charge in [0.05, 0.1) is 6.61 Å². The Bertz CT molecular complexity index is 647. The van der Waals surface area contributed by atoms with Crippen molar-refractivity contribution in [3.8, 4) is 5.13 Å². The molecule has 2 aromatic rings. The molecule has 2 rings (SSSR count). The lowest BCUT2D eigenvalue weighted by Gasteiger charge is -2.02. The summed E-state index contributed by atoms with van der Waals surface area (Å²) in [5.74, 6) is 0.798. The molecule has 8 heteroatoms. The van der Waals surface area contributed by atoms with Crippen LogP contribution in [0.2, 0.25) is 0 Å². The van der Waals surface area contributed by atoms with E-state index in [0.717, 1.165) is 11.4 Å². The van der Waals surface area contributed by atoms with Gasteiger partial charge >= 0.3 is 5.97 Å². The molecule has 0 saturated carbocycles. The number of aromatic nitrogens is 4. The second-order valence-electron chi connectivity index (χ2n) is 5.03. The number of hydrogen-bond acceptors (Lipinski definition) is 7. The maximum atomic E-state index is 11.8. The molecule has 0 unspecified atom stereocenters. The molecule has 0 amide bonds. The molecule has 0 aliphatic carbocycles. The number of rotatable bonds is 5. The molecule has 0 spiro atoms. The van der Waals surface area contributed by atoms with Gasteiger partial charge in [0.2, 0.25) is 5.13 Å². The highest BCUT2D eigenvalue weighted by molar-refractivity contribution is 7.13. The molecule has 0 radical (unpaired) electrons. The van der Waals surface area contributed by atoms with Crippen molar-refractivity contribution in [2.24, 2.45) is 5.92 Å². The van der Waals surface area contributed by atoms with E-state index < -0.39 is 5.97 Å². The number of anilines is 1. The van der Waals surface area contributed by atoms with Gasteiger partial charge in [-0.1, -0.05) is 25.2 Å². The Morgan fingerprint density at radius 1 is 1.43 bits per heavy atom. The maximum Gasteiger partial charge on any atom is 0.360 e. The van der Waals surface area contributed by atoms with E-state index in [-0.39, 0.29) is 18.1 Å². The van der Waals surface area contributed by atoms with Crippen molar-refractivity contribution in [2.75, 3.05) is 12.3 Å². The van der Waals surface area contributed by atoms with Crippen LogP contribution in [0, 0.1) is 12.8 Å². The van der Waals surface area contributed by atoms with Crippen LogP contribution < -0.4 is 5.73 Å². The van der Waals surface area contributed by atoms with Crippen molar-refractivity contribution < 1.29 is 9.53 Å². The third-order valence-electron chi connectivity index (χ3n) is 2.78. The Morgan fingerprint density at radius 3 is 2.76 bits per heavy atom. The average molecular weight is 309 g/mol. The molecule has 0 bridgehead atoms. The molecule has 0 saturated heterocycles. The van der Waals surface area contributed by atoms with Crippen LogP contribution in [0.1, 0.15) is 42.1 Å². The summed E-state index contributed by atoms with van der Waals surface area (Å²) in [7, 11) is 0. The quantitative estimate of drug-likeness (QED) is 0.848. The molecule has 2 N–H and O–H groups in total. The second-order valence-corrected chi connectivity index (χ2v) is 6.07. The normalized spacial score (nSPS) is 11.1. The fraction of sp³-hybridized carbons (Fsp3) is 0.538. The molecule has 2 aromatic heterocycles. The summed E-state index contributed by atoms with van der Waals surface area (Å²) in [6.07, 6.45) is 0.857. The molecule has 0 fully saturated rings. The van der Waals surface area contributed by atoms with Crippen LogP contribution in [-0.4, -0.2) is 32.3 Å². The fourth-order valence-electron chi connectivity index (χ4n) is 1.91. The van der Waals surface area contributed by atoms with Crippen molar-refractivity contribution in [1.29, 1.82) is 0 Å². The monoisotopic (exact) mass is 309 g/mol. The van der Waals surface area contributed by atoms with Gasteiger partial charge in [-0.15, -0.1) is 10.2 Å². The summed E-state index contributed by atoms with van der Waals surface area (Å²) in [5.41, 5.74) is 6.14. The van der Waals surface area contributed by atoms with Crippen molar-refractivity contribution in [3.05, 3.63) is 16.5 Å². The van der Waals surface area contributed by atoms with Gasteiger partial charge in [-0.2, -0.15) is 0 Å². The standard InChI is InChI=1S/C13H19N5O2S/c1-5-20-12(19)10-11(14)18(8(4)15-10)13-17-16-9(21-13)6-7(2)3/h7H,5-6,14H2,1-4H3. The third-order valence-corrected chi connectivity index (χ3v) is 3.71. The van der Waals surface area contributed by atoms with Gasteiger partial charge in [-0.05, 0) is 19.8 Å². The Morgan fingerprint density at radius 2 is 2.14 bits per heavy atom. The zero-order valence-electron chi connectivity index (χ0n) is 12.6. The molecule has 0 atom stereocenters. The Hall–Kier alpha value is -1.96. The summed E-state index contributed by atoms with van der Waals surface area (Å²) >= 11 is 1.45. The molecule has 0 aromatic carbocycles. The number of carbonyl (C=O) groups excluding carboxylic acids is 1. The largest absolute Gasteiger partial charge is 0.461 e. The first-order chi connectivity index (χ1) is 9.93. The van der Waals surface area contributed by atoms with Crippen LogP contribution in [0.4, 0.5) is 5.82 Å². The van der Waals surface area contributed by atoms with Crippen molar-refractivity contribution in [1.82, 2.24) is 19.7 Å². The first kappa shape index (κ1) is 15.4. The molecular formula is C13H19N5O2S. The molecule has 21 heavy (non-hydrogen) atoms. The number of aryl methyl sites for hydroxylation is 1. The van der Waals surface area contributed by atoms with Crippen LogP contribution in [0.25, 0.3) is 5.13 Å². The zero-order valence-corrected chi connectivity index (χ0v) is 13.4. The number of ether oxygens (including phenoxy) is 1. The van der Waals surface area contributed by atoms with Crippen molar-refractivity contribution in [2.45, 2.75) is 34.1 Å². The van der Waals surface area contributed by atoms with Crippen LogP contribution in [0.5, 0.6) is 0 Å². The van der Waals surface area contributed by atoms with Gasteiger partial charge < -0.3 is 10.5 Å². The number of nitrogens with two attached hydrogens (primary N) is 1. The van der Waals surface area contributed by atoms with Gasteiger partial charge in [0.1, 0.15) is 16.6 Å². The van der Waals surface area contributed by atoms with Crippen LogP contribution >= 0.6 is 11.3 Å². The van der Waals surface area contributed by atoms with E-state index in [0.29, 0.717) is 16.9 Å². The van der Waals surface area contributed by atoms with Gasteiger partial charge in [0.15, 0.2) is 5.69 Å². The molecule has 0 aliphatic rings. The summed E-state index contributed by atoms with van der Waals surface area (Å²) in [4.78, 5) is 16.0. The number of carbonyl (C=O) groups is 1. The summed E-state index contributed by atoms with van der Waals surface area (Å²) < 4.78 is 6.58. The lowest BCUT2D eigenvalue weighted by Crippen LogP contribution is -2.09. The maximum absolute atomic E-state index is 11.8. The molecule has 7 nitrogen and oxygen atoms in total. The molecule has 0 aliphatic heterocycles. The Kier molecular flexibility index (Phi) is 4.56. The predicted octanol–water partition coefficient (Wildman–Crippen LogP) is 1.99. The average Bonchev–Trinajstić information content (AvgIpc) is 2.94. The first-order valence-corrected chi connectivity index (χ1v) is 7.60. The summed E-state index contributed by atoms with van der Waals surface area (Å²) in [6, 6.07) is 0. The van der Waals surface area contributed by atoms with Gasteiger partial charge in [-0.25, -0.2) is 9.78 Å². The van der Waals surface area contributed by atoms with E-state index >= 15 is 0 Å². The van der Waals surface area contributed by atoms with E-state index in [9.17, 15) is 4.79 Å². The lowest BCUT2D eigenvalue weighted by molar-refractivity contribution is 0.0521. The topological polar surface area (TPSA) is 95.9 Å². The summed E-state index contributed by atoms with van der Waals surface area (Å²) in [5, 5.41) is 9.84. The first-order valence-electron chi connectivity index (χ1n) is 6.78. The van der Waals surface area contributed by atoms with Crippen molar-refractivity contribution in [3.63, 3.8) is 0 Å². The highest BCUT2D eigenvalue weighted by Gasteiger charge is 2.22. The van der Waals surface area contributed by atoms with E-state index in [1.807, 2.05) is 0 Å². The highest BCUT2D eigenvalue weighted by atomic mass is 32.1. The molecule has 2 heterocycles. The highest BCUT2D eigenvalue weighted by Crippen LogP contribution is 2.24. The van der Waals surface area contributed by atoms with Gasteiger partial charge in [0, 0.05) is 6.42 Å². The van der Waals surface area contributed by atoms with Gasteiger partial charge in [-0.3, -0.25) is 4.57 Å². The number of esters is 1. The Balaban J connectivity index is 2.36. The van der Waals surface area contributed by atoms with Crippen LogP contribution in [0.3, 0.4) is 0 Å². The number of nitrogens with zero attached hydrogens (tertiary/aromatic N) is 4. The van der Waals surface area contributed by atoms with Gasteiger partial charge in [0.25, 0.3) is 0 Å². The van der Waals surface area contributed by atoms with Crippen molar-refractivity contribution >= 4 is 23.1 Å². The fourth-order valence-corrected chi connectivity index (χ4v) is 3.02. The second kappa shape index (κ2) is 6.21. The van der Waals surface area contributed by atoms with E-state index in [2.05, 4.69) is 29.0 Å². The number of nitrogen functional groups attached to an aromatic ring is 1. The van der Waals surface area contributed by atoms with Crippen LogP contribution in [0.15, 0.2) is 0 Å². The summed E-state index contributed by atoms with van der Waals surface area (Å²) in [6.45, 7) is 8.03. The minimum atomic E-state index is -0.524. The lowest BCUT2D eigenvalue weighted by atomic mass is 10.1. The third kappa shape index (κ3) is 3.21. The SMILES string of the molecule is CCOC(=O)c1nc(C)n(-c2nnc(CC(C)C)s2)c1N. The minimum absolute atomic E-state index is 0.120.